The first-order chi connectivity index (χ1) is 15.3. The number of rotatable bonds is 7. The third kappa shape index (κ3) is 5.04. The Hall–Kier alpha value is -2.67. The highest BCUT2D eigenvalue weighted by Crippen LogP contribution is 2.36. The third-order valence-electron chi connectivity index (χ3n) is 6.57. The number of ether oxygens (including phenoxy) is 1. The highest BCUT2D eigenvalue weighted by Gasteiger charge is 2.42. The van der Waals surface area contributed by atoms with E-state index >= 15 is 0 Å². The van der Waals surface area contributed by atoms with Crippen molar-refractivity contribution in [3.05, 3.63) is 65.7 Å². The predicted molar refractivity (Wildman–Crippen MR) is 121 cm³/mol. The average molecular weight is 456 g/mol. The third-order valence-corrected chi connectivity index (χ3v) is 7.69. The lowest BCUT2D eigenvalue weighted by atomic mass is 9.86. The molecule has 1 aliphatic carbocycles. The number of cyclic esters (lactones) is 1. The molecule has 2 aliphatic rings. The minimum Gasteiger partial charge on any atom is -0.447 e. The van der Waals surface area contributed by atoms with Crippen LogP contribution in [0.5, 0.6) is 0 Å². The first-order valence-electron chi connectivity index (χ1n) is 11.2. The van der Waals surface area contributed by atoms with Crippen LogP contribution in [0.2, 0.25) is 0 Å². The molecule has 1 saturated heterocycles. The van der Waals surface area contributed by atoms with E-state index in [1.54, 1.807) is 24.3 Å². The molecule has 170 valence electrons. The van der Waals surface area contributed by atoms with Crippen LogP contribution in [0.3, 0.4) is 0 Å². The van der Waals surface area contributed by atoms with Crippen molar-refractivity contribution in [2.45, 2.75) is 55.4 Å². The number of hydrogen-bond acceptors (Lipinski definition) is 5. The van der Waals surface area contributed by atoms with Crippen LogP contribution in [0.4, 0.5) is 4.79 Å². The van der Waals surface area contributed by atoms with Crippen LogP contribution >= 0.6 is 0 Å². The van der Waals surface area contributed by atoms with Crippen LogP contribution in [0.25, 0.3) is 0 Å². The smallest absolute Gasteiger partial charge is 0.417 e. The Morgan fingerprint density at radius 2 is 1.72 bits per heavy atom. The molecule has 32 heavy (non-hydrogen) atoms. The topological polar surface area (TPSA) is 80.8 Å². The number of hydrogen-bond donors (Lipinski definition) is 0. The first kappa shape index (κ1) is 22.5. The summed E-state index contributed by atoms with van der Waals surface area (Å²) in [6, 6.07) is 15.9. The molecular formula is C25H29NO5S. The zero-order valence-electron chi connectivity index (χ0n) is 18.3. The Morgan fingerprint density at radius 1 is 1.06 bits per heavy atom. The van der Waals surface area contributed by atoms with Crippen LogP contribution in [0.15, 0.2) is 59.5 Å². The largest absolute Gasteiger partial charge is 0.447 e. The molecule has 0 spiro atoms. The van der Waals surface area contributed by atoms with E-state index in [9.17, 15) is 18.0 Å². The molecule has 1 unspecified atom stereocenters. The zero-order valence-corrected chi connectivity index (χ0v) is 19.1. The fraction of sp³-hybridized carbons (Fsp3) is 0.440. The Kier molecular flexibility index (Phi) is 6.65. The summed E-state index contributed by atoms with van der Waals surface area (Å²) in [6.07, 6.45) is 6.21. The van der Waals surface area contributed by atoms with E-state index in [-0.39, 0.29) is 23.5 Å². The van der Waals surface area contributed by atoms with Gasteiger partial charge in [-0.05, 0) is 42.0 Å². The molecule has 0 bridgehead atoms. The van der Waals surface area contributed by atoms with Crippen molar-refractivity contribution >= 4 is 21.8 Å². The van der Waals surface area contributed by atoms with Gasteiger partial charge >= 0.3 is 6.09 Å². The summed E-state index contributed by atoms with van der Waals surface area (Å²) < 4.78 is 29.0. The quantitative estimate of drug-likeness (QED) is 0.620. The minimum absolute atomic E-state index is 0.183. The van der Waals surface area contributed by atoms with E-state index in [0.29, 0.717) is 18.8 Å². The van der Waals surface area contributed by atoms with Crippen molar-refractivity contribution in [3.63, 3.8) is 0 Å². The molecular weight excluding hydrogens is 426 g/mol. The second kappa shape index (κ2) is 9.45. The van der Waals surface area contributed by atoms with Crippen molar-refractivity contribution in [1.29, 1.82) is 0 Å². The van der Waals surface area contributed by atoms with Crippen LogP contribution < -0.4 is 0 Å². The summed E-state index contributed by atoms with van der Waals surface area (Å²) >= 11 is 0. The summed E-state index contributed by atoms with van der Waals surface area (Å²) in [4.78, 5) is 27.8. The Morgan fingerprint density at radius 3 is 2.34 bits per heavy atom. The Bertz CT molecular complexity index is 1060. The molecule has 2 atom stereocenters. The molecule has 2 aromatic carbocycles. The van der Waals surface area contributed by atoms with Gasteiger partial charge in [0.05, 0.1) is 16.9 Å². The Balaban J connectivity index is 1.61. The molecule has 2 aromatic rings. The molecule has 0 aromatic heterocycles. The molecule has 2 amide bonds. The van der Waals surface area contributed by atoms with Gasteiger partial charge in [0, 0.05) is 6.26 Å². The van der Waals surface area contributed by atoms with E-state index in [4.69, 9.17) is 4.74 Å². The lowest BCUT2D eigenvalue weighted by molar-refractivity contribution is -0.131. The van der Waals surface area contributed by atoms with Crippen LogP contribution in [0, 0.1) is 5.92 Å². The number of sulfone groups is 1. The van der Waals surface area contributed by atoms with Crippen LogP contribution in [-0.2, 0) is 25.8 Å². The number of imide groups is 1. The van der Waals surface area contributed by atoms with E-state index in [2.05, 4.69) is 0 Å². The molecule has 1 saturated carbocycles. The fourth-order valence-electron chi connectivity index (χ4n) is 4.84. The minimum atomic E-state index is -3.33. The maximum absolute atomic E-state index is 13.7. The van der Waals surface area contributed by atoms with E-state index in [1.807, 2.05) is 30.3 Å². The van der Waals surface area contributed by atoms with Crippen molar-refractivity contribution in [2.24, 2.45) is 5.92 Å². The second-order valence-corrected chi connectivity index (χ2v) is 10.9. The molecule has 0 radical (unpaired) electrons. The average Bonchev–Trinajstić information content (AvgIpc) is 3.41. The SMILES string of the molecule is CS(=O)(=O)c1ccc(C(CC2CCCC2)C(=O)N2C(=O)OC[C@H]2Cc2ccccc2)cc1. The Labute approximate surface area is 189 Å². The molecule has 6 nitrogen and oxygen atoms in total. The van der Waals surface area contributed by atoms with Gasteiger partial charge in [-0.1, -0.05) is 68.1 Å². The normalized spacial score (nSPS) is 20.3. The number of carbonyl (C=O) groups excluding carboxylic acids is 2. The van der Waals surface area contributed by atoms with E-state index in [1.165, 1.54) is 4.90 Å². The fourth-order valence-corrected chi connectivity index (χ4v) is 5.47. The number of amides is 2. The summed E-state index contributed by atoms with van der Waals surface area (Å²) in [5.41, 5.74) is 1.78. The highest BCUT2D eigenvalue weighted by molar-refractivity contribution is 7.90. The predicted octanol–water partition coefficient (Wildman–Crippen LogP) is 4.34. The van der Waals surface area contributed by atoms with Gasteiger partial charge in [-0.3, -0.25) is 4.79 Å². The maximum atomic E-state index is 13.7. The van der Waals surface area contributed by atoms with E-state index in [0.717, 1.165) is 43.1 Å². The first-order valence-corrected chi connectivity index (χ1v) is 13.1. The number of nitrogens with zero attached hydrogens (tertiary/aromatic N) is 1. The summed E-state index contributed by atoms with van der Waals surface area (Å²) in [6.45, 7) is 0.183. The molecule has 1 aliphatic heterocycles. The van der Waals surface area contributed by atoms with Gasteiger partial charge < -0.3 is 4.74 Å². The van der Waals surface area contributed by atoms with Gasteiger partial charge in [-0.25, -0.2) is 18.1 Å². The second-order valence-electron chi connectivity index (χ2n) is 8.91. The van der Waals surface area contributed by atoms with Gasteiger partial charge in [0.15, 0.2) is 9.84 Å². The lowest BCUT2D eigenvalue weighted by Gasteiger charge is -2.27. The van der Waals surface area contributed by atoms with Gasteiger partial charge in [0.1, 0.15) is 6.61 Å². The van der Waals surface area contributed by atoms with E-state index < -0.39 is 21.8 Å². The number of carbonyl (C=O) groups is 2. The standard InChI is InChI=1S/C25H29NO5S/c1-32(29,30)22-13-11-20(12-14-22)23(16-19-9-5-6-10-19)24(27)26-21(17-31-25(26)28)15-18-7-3-2-4-8-18/h2-4,7-8,11-14,19,21,23H,5-6,9-10,15-17H2,1H3/t21-,23?/m1/s1. The highest BCUT2D eigenvalue weighted by atomic mass is 32.2. The summed E-state index contributed by atoms with van der Waals surface area (Å²) in [5.74, 6) is -0.340. The van der Waals surface area contributed by atoms with Crippen molar-refractivity contribution in [2.75, 3.05) is 12.9 Å². The van der Waals surface area contributed by atoms with Crippen molar-refractivity contribution in [1.82, 2.24) is 4.90 Å². The monoisotopic (exact) mass is 455 g/mol. The molecule has 2 fully saturated rings. The molecule has 0 N–H and O–H groups in total. The van der Waals surface area contributed by atoms with Gasteiger partial charge in [-0.15, -0.1) is 0 Å². The van der Waals surface area contributed by atoms with Gasteiger partial charge in [0.25, 0.3) is 0 Å². The van der Waals surface area contributed by atoms with Crippen LogP contribution in [-0.4, -0.2) is 44.2 Å². The van der Waals surface area contributed by atoms with Crippen LogP contribution in [0.1, 0.15) is 49.1 Å². The van der Waals surface area contributed by atoms with Gasteiger partial charge in [-0.2, -0.15) is 0 Å². The zero-order chi connectivity index (χ0) is 22.7. The number of benzene rings is 2. The lowest BCUT2D eigenvalue weighted by Crippen LogP contribution is -2.43. The summed E-state index contributed by atoms with van der Waals surface area (Å²) in [5, 5.41) is 0. The molecule has 7 heteroatoms. The molecule has 4 rings (SSSR count). The van der Waals surface area contributed by atoms with Crippen molar-refractivity contribution < 1.29 is 22.7 Å². The van der Waals surface area contributed by atoms with Gasteiger partial charge in [0.2, 0.25) is 5.91 Å². The maximum Gasteiger partial charge on any atom is 0.417 e. The summed E-state index contributed by atoms with van der Waals surface area (Å²) in [7, 11) is -3.33. The van der Waals surface area contributed by atoms with Crippen molar-refractivity contribution in [3.8, 4) is 0 Å². The molecule has 1 heterocycles.